The highest BCUT2D eigenvalue weighted by atomic mass is 16.6. The van der Waals surface area contributed by atoms with Crippen molar-refractivity contribution in [3.63, 3.8) is 0 Å². The van der Waals surface area contributed by atoms with E-state index in [0.29, 0.717) is 5.57 Å². The molecule has 0 aromatic rings. The molecule has 0 spiro atoms. The first kappa shape index (κ1) is 21.0. The number of esters is 2. The van der Waals surface area contributed by atoms with Gasteiger partial charge in [0.2, 0.25) is 0 Å². The Bertz CT molecular complexity index is 515. The summed E-state index contributed by atoms with van der Waals surface area (Å²) in [6.45, 7) is 12.6. The fourth-order valence-electron chi connectivity index (χ4n) is 2.30. The highest BCUT2D eigenvalue weighted by Crippen LogP contribution is 2.27. The van der Waals surface area contributed by atoms with Crippen molar-refractivity contribution < 1.29 is 28.6 Å². The van der Waals surface area contributed by atoms with E-state index in [0.717, 1.165) is 0 Å². The Morgan fingerprint density at radius 3 is 2.12 bits per heavy atom. The lowest BCUT2D eigenvalue weighted by Crippen LogP contribution is -2.45. The largest absolute Gasteiger partial charge is 0.463 e. The first-order valence-electron chi connectivity index (χ1n) is 8.41. The summed E-state index contributed by atoms with van der Waals surface area (Å²) in [5.74, 6) is -1.02. The van der Waals surface area contributed by atoms with Crippen molar-refractivity contribution >= 4 is 18.0 Å². The van der Waals surface area contributed by atoms with Crippen LogP contribution in [0.1, 0.15) is 54.9 Å². The van der Waals surface area contributed by atoms with Crippen LogP contribution in [0.15, 0.2) is 11.6 Å². The van der Waals surface area contributed by atoms with E-state index >= 15 is 0 Å². The monoisotopic (exact) mass is 355 g/mol. The molecule has 0 aromatic carbocycles. The minimum absolute atomic E-state index is 0.123. The summed E-state index contributed by atoms with van der Waals surface area (Å²) in [4.78, 5) is 37.9. The third-order valence-electron chi connectivity index (χ3n) is 3.12. The van der Waals surface area contributed by atoms with E-state index in [1.54, 1.807) is 48.5 Å². The van der Waals surface area contributed by atoms with Gasteiger partial charge in [0.05, 0.1) is 6.61 Å². The average Bonchev–Trinajstić information content (AvgIpc) is 2.79. The van der Waals surface area contributed by atoms with Gasteiger partial charge in [-0.1, -0.05) is 0 Å². The van der Waals surface area contributed by atoms with Crippen LogP contribution in [0.3, 0.4) is 0 Å². The number of nitrogens with zero attached hydrogens (tertiary/aromatic N) is 1. The van der Waals surface area contributed by atoms with Gasteiger partial charge < -0.3 is 14.2 Å². The number of likely N-dealkylation sites (tertiary alicyclic amines) is 1. The molecule has 25 heavy (non-hydrogen) atoms. The predicted octanol–water partition coefficient (Wildman–Crippen LogP) is 2.83. The van der Waals surface area contributed by atoms with Crippen LogP contribution < -0.4 is 0 Å². The standard InChI is InChI=1S/C18H29NO6/c1-8-23-14(20)10-12-9-13(15(21)24-17(2,3)4)19(11-12)16(22)25-18(5,6)7/h10,13H,8-9,11H2,1-7H3/b12-10+/t13-/m0/s1. The summed E-state index contributed by atoms with van der Waals surface area (Å²) >= 11 is 0. The van der Waals surface area contributed by atoms with Gasteiger partial charge in [-0.2, -0.15) is 0 Å². The van der Waals surface area contributed by atoms with Gasteiger partial charge in [-0.3, -0.25) is 4.90 Å². The number of hydrogen-bond donors (Lipinski definition) is 0. The summed E-state index contributed by atoms with van der Waals surface area (Å²) in [5, 5.41) is 0. The fraction of sp³-hybridized carbons (Fsp3) is 0.722. The number of ether oxygens (including phenoxy) is 3. The molecule has 7 nitrogen and oxygen atoms in total. The molecular weight excluding hydrogens is 326 g/mol. The van der Waals surface area contributed by atoms with Crippen LogP contribution in [-0.2, 0) is 23.8 Å². The molecule has 1 amide bonds. The van der Waals surface area contributed by atoms with Crippen LogP contribution in [0.2, 0.25) is 0 Å². The Balaban J connectivity index is 3.00. The van der Waals surface area contributed by atoms with Crippen LogP contribution in [0.25, 0.3) is 0 Å². The maximum absolute atomic E-state index is 12.5. The highest BCUT2D eigenvalue weighted by molar-refractivity contribution is 5.86. The van der Waals surface area contributed by atoms with Crippen LogP contribution in [0.5, 0.6) is 0 Å². The molecule has 142 valence electrons. The van der Waals surface area contributed by atoms with E-state index in [2.05, 4.69) is 0 Å². The summed E-state index contributed by atoms with van der Waals surface area (Å²) < 4.78 is 15.7. The van der Waals surface area contributed by atoms with Crippen LogP contribution in [0.4, 0.5) is 4.79 Å². The molecule has 7 heteroatoms. The van der Waals surface area contributed by atoms with Crippen molar-refractivity contribution in [2.75, 3.05) is 13.2 Å². The number of carbonyl (C=O) groups is 3. The summed E-state index contributed by atoms with van der Waals surface area (Å²) in [7, 11) is 0. The topological polar surface area (TPSA) is 82.1 Å². The number of hydrogen-bond acceptors (Lipinski definition) is 6. The molecule has 1 aliphatic rings. The third-order valence-corrected chi connectivity index (χ3v) is 3.12. The van der Waals surface area contributed by atoms with Crippen LogP contribution in [-0.4, -0.2) is 53.3 Å². The van der Waals surface area contributed by atoms with Gasteiger partial charge in [0.15, 0.2) is 0 Å². The Kier molecular flexibility index (Phi) is 6.62. The van der Waals surface area contributed by atoms with Crippen LogP contribution in [0, 0.1) is 0 Å². The number of carbonyl (C=O) groups excluding carboxylic acids is 3. The predicted molar refractivity (Wildman–Crippen MR) is 91.9 cm³/mol. The van der Waals surface area contributed by atoms with E-state index in [9.17, 15) is 14.4 Å². The quantitative estimate of drug-likeness (QED) is 0.440. The molecule has 0 aromatic heterocycles. The van der Waals surface area contributed by atoms with Gasteiger partial charge in [0, 0.05) is 19.0 Å². The summed E-state index contributed by atoms with van der Waals surface area (Å²) in [5.41, 5.74) is -0.742. The van der Waals surface area contributed by atoms with Crippen molar-refractivity contribution in [1.29, 1.82) is 0 Å². The first-order chi connectivity index (χ1) is 11.3. The lowest BCUT2D eigenvalue weighted by atomic mass is 10.1. The Hall–Kier alpha value is -2.05. The maximum atomic E-state index is 12.5. The fourth-order valence-corrected chi connectivity index (χ4v) is 2.30. The van der Waals surface area contributed by atoms with Gasteiger partial charge in [0.25, 0.3) is 0 Å². The zero-order valence-electron chi connectivity index (χ0n) is 16.2. The second-order valence-corrected chi connectivity index (χ2v) is 7.92. The molecule has 0 bridgehead atoms. The van der Waals surface area contributed by atoms with Gasteiger partial charge in [-0.15, -0.1) is 0 Å². The molecule has 1 rings (SSSR count). The molecule has 1 heterocycles. The van der Waals surface area contributed by atoms with E-state index < -0.39 is 35.3 Å². The maximum Gasteiger partial charge on any atom is 0.411 e. The van der Waals surface area contributed by atoms with Gasteiger partial charge in [-0.25, -0.2) is 14.4 Å². The lowest BCUT2D eigenvalue weighted by molar-refractivity contribution is -0.160. The zero-order chi connectivity index (χ0) is 19.4. The number of amides is 1. The van der Waals surface area contributed by atoms with E-state index in [4.69, 9.17) is 14.2 Å². The third kappa shape index (κ3) is 7.15. The van der Waals surface area contributed by atoms with Gasteiger partial charge >= 0.3 is 18.0 Å². The Morgan fingerprint density at radius 1 is 1.08 bits per heavy atom. The Morgan fingerprint density at radius 2 is 1.64 bits per heavy atom. The minimum Gasteiger partial charge on any atom is -0.463 e. The zero-order valence-corrected chi connectivity index (χ0v) is 16.2. The molecule has 0 radical (unpaired) electrons. The minimum atomic E-state index is -0.824. The molecule has 1 saturated heterocycles. The first-order valence-corrected chi connectivity index (χ1v) is 8.41. The molecule has 0 unspecified atom stereocenters. The van der Waals surface area contributed by atoms with E-state index in [1.807, 2.05) is 0 Å². The summed E-state index contributed by atoms with van der Waals surface area (Å²) in [6, 6.07) is -0.824. The van der Waals surface area contributed by atoms with Gasteiger partial charge in [0.1, 0.15) is 17.2 Å². The van der Waals surface area contributed by atoms with Gasteiger partial charge in [-0.05, 0) is 54.0 Å². The molecule has 0 saturated carbocycles. The highest BCUT2D eigenvalue weighted by Gasteiger charge is 2.41. The summed E-state index contributed by atoms with van der Waals surface area (Å²) in [6.07, 6.45) is 0.925. The van der Waals surface area contributed by atoms with E-state index in [1.165, 1.54) is 11.0 Å². The lowest BCUT2D eigenvalue weighted by Gasteiger charge is -2.29. The van der Waals surface area contributed by atoms with Crippen molar-refractivity contribution in [2.24, 2.45) is 0 Å². The van der Waals surface area contributed by atoms with Crippen molar-refractivity contribution in [1.82, 2.24) is 4.90 Å². The normalized spacial score (nSPS) is 19.7. The molecule has 1 aliphatic heterocycles. The molecule has 0 N–H and O–H groups in total. The Labute approximate surface area is 149 Å². The van der Waals surface area contributed by atoms with E-state index in [-0.39, 0.29) is 19.6 Å². The molecule has 0 aliphatic carbocycles. The smallest absolute Gasteiger partial charge is 0.411 e. The second-order valence-electron chi connectivity index (χ2n) is 7.92. The molecular formula is C18H29NO6. The number of rotatable bonds is 3. The molecule has 1 atom stereocenters. The van der Waals surface area contributed by atoms with Crippen molar-refractivity contribution in [2.45, 2.75) is 72.1 Å². The second kappa shape index (κ2) is 7.89. The molecule has 1 fully saturated rings. The SMILES string of the molecule is CCOC(=O)/C=C1\C[C@@H](C(=O)OC(C)(C)C)N(C(=O)OC(C)(C)C)C1. The van der Waals surface area contributed by atoms with Crippen molar-refractivity contribution in [3.8, 4) is 0 Å². The average molecular weight is 355 g/mol. The van der Waals surface area contributed by atoms with Crippen LogP contribution >= 0.6 is 0 Å². The van der Waals surface area contributed by atoms with Crippen molar-refractivity contribution in [3.05, 3.63) is 11.6 Å².